The second-order valence-electron chi connectivity index (χ2n) is 6.69. The molecule has 1 aromatic rings. The molecule has 1 aliphatic heterocycles. The minimum absolute atomic E-state index is 0.0514. The third kappa shape index (κ3) is 2.75. The SMILES string of the molecule is CC(C)c1ccc(C(=O)N2C[C@H](C3CC3)[C@@H](N)C2)c(=O)[nH]1. The molecule has 0 unspecified atom stereocenters. The Hall–Kier alpha value is -1.62. The van der Waals surface area contributed by atoms with Crippen LogP contribution >= 0.6 is 0 Å². The summed E-state index contributed by atoms with van der Waals surface area (Å²) in [6.07, 6.45) is 2.45. The zero-order valence-corrected chi connectivity index (χ0v) is 12.6. The lowest BCUT2D eigenvalue weighted by Gasteiger charge is -2.16. The number of amides is 1. The van der Waals surface area contributed by atoms with E-state index in [4.69, 9.17) is 5.73 Å². The number of hydrogen-bond donors (Lipinski definition) is 2. The van der Waals surface area contributed by atoms with E-state index in [1.54, 1.807) is 11.0 Å². The van der Waals surface area contributed by atoms with Gasteiger partial charge in [-0.1, -0.05) is 13.8 Å². The Bertz CT molecular complexity index is 604. The van der Waals surface area contributed by atoms with Gasteiger partial charge in [-0.05, 0) is 42.7 Å². The van der Waals surface area contributed by atoms with E-state index in [0.29, 0.717) is 24.9 Å². The summed E-state index contributed by atoms with van der Waals surface area (Å²) in [4.78, 5) is 29.2. The average molecular weight is 289 g/mol. The van der Waals surface area contributed by atoms with Crippen LogP contribution in [0.25, 0.3) is 0 Å². The quantitative estimate of drug-likeness (QED) is 0.880. The highest BCUT2D eigenvalue weighted by Crippen LogP contribution is 2.41. The number of likely N-dealkylation sites (tertiary alicyclic amines) is 1. The van der Waals surface area contributed by atoms with Gasteiger partial charge >= 0.3 is 0 Å². The molecule has 0 bridgehead atoms. The first-order chi connectivity index (χ1) is 9.97. The number of pyridine rings is 1. The predicted octanol–water partition coefficient (Wildman–Crippen LogP) is 1.31. The van der Waals surface area contributed by atoms with Crippen molar-refractivity contribution in [2.24, 2.45) is 17.6 Å². The molecule has 1 saturated carbocycles. The molecule has 0 aromatic carbocycles. The lowest BCUT2D eigenvalue weighted by Crippen LogP contribution is -2.35. The highest BCUT2D eigenvalue weighted by Gasteiger charge is 2.42. The van der Waals surface area contributed by atoms with Crippen molar-refractivity contribution in [3.05, 3.63) is 33.7 Å². The van der Waals surface area contributed by atoms with Crippen molar-refractivity contribution in [3.63, 3.8) is 0 Å². The molecule has 114 valence electrons. The minimum Gasteiger partial charge on any atom is -0.337 e. The number of nitrogens with two attached hydrogens (primary N) is 1. The smallest absolute Gasteiger partial charge is 0.261 e. The van der Waals surface area contributed by atoms with E-state index >= 15 is 0 Å². The number of carbonyl (C=O) groups excluding carboxylic acids is 1. The molecule has 0 radical (unpaired) electrons. The fraction of sp³-hybridized carbons (Fsp3) is 0.625. The fourth-order valence-corrected chi connectivity index (χ4v) is 3.21. The molecular weight excluding hydrogens is 266 g/mol. The van der Waals surface area contributed by atoms with Crippen molar-refractivity contribution >= 4 is 5.91 Å². The van der Waals surface area contributed by atoms with Crippen LogP contribution in [0.15, 0.2) is 16.9 Å². The van der Waals surface area contributed by atoms with Crippen molar-refractivity contribution in [2.45, 2.75) is 38.6 Å². The zero-order valence-electron chi connectivity index (χ0n) is 12.6. The van der Waals surface area contributed by atoms with E-state index < -0.39 is 0 Å². The third-order valence-electron chi connectivity index (χ3n) is 4.71. The fourth-order valence-electron chi connectivity index (χ4n) is 3.21. The summed E-state index contributed by atoms with van der Waals surface area (Å²) < 4.78 is 0. The Morgan fingerprint density at radius 1 is 1.33 bits per heavy atom. The minimum atomic E-state index is -0.297. The molecular formula is C16H23N3O2. The van der Waals surface area contributed by atoms with E-state index in [0.717, 1.165) is 5.69 Å². The van der Waals surface area contributed by atoms with Crippen LogP contribution in [-0.4, -0.2) is 34.9 Å². The highest BCUT2D eigenvalue weighted by molar-refractivity contribution is 5.94. The molecule has 1 saturated heterocycles. The van der Waals surface area contributed by atoms with Crippen LogP contribution in [-0.2, 0) is 0 Å². The summed E-state index contributed by atoms with van der Waals surface area (Å²) in [7, 11) is 0. The first-order valence-corrected chi connectivity index (χ1v) is 7.75. The molecule has 0 spiro atoms. The lowest BCUT2D eigenvalue weighted by atomic mass is 9.99. The molecule has 2 heterocycles. The van der Waals surface area contributed by atoms with Gasteiger partial charge in [-0.2, -0.15) is 0 Å². The lowest BCUT2D eigenvalue weighted by molar-refractivity contribution is 0.0783. The monoisotopic (exact) mass is 289 g/mol. The van der Waals surface area contributed by atoms with E-state index in [-0.39, 0.29) is 29.0 Å². The van der Waals surface area contributed by atoms with Crippen molar-refractivity contribution < 1.29 is 4.79 Å². The maximum atomic E-state index is 12.5. The van der Waals surface area contributed by atoms with Gasteiger partial charge < -0.3 is 15.6 Å². The summed E-state index contributed by atoms with van der Waals surface area (Å²) >= 11 is 0. The second-order valence-corrected chi connectivity index (χ2v) is 6.69. The Morgan fingerprint density at radius 2 is 2.05 bits per heavy atom. The predicted molar refractivity (Wildman–Crippen MR) is 81.2 cm³/mol. The molecule has 3 rings (SSSR count). The van der Waals surface area contributed by atoms with Crippen molar-refractivity contribution in [3.8, 4) is 0 Å². The molecule has 1 aromatic heterocycles. The normalized spacial score (nSPS) is 25.6. The summed E-state index contributed by atoms with van der Waals surface area (Å²) in [5.41, 5.74) is 6.93. The molecule has 3 N–H and O–H groups in total. The van der Waals surface area contributed by atoms with Crippen molar-refractivity contribution in [1.29, 1.82) is 0 Å². The standard InChI is InChI=1S/C16H23N3O2/c1-9(2)14-6-5-11(15(20)18-14)16(21)19-7-12(10-3-4-10)13(17)8-19/h5-6,9-10,12-13H,3-4,7-8,17H2,1-2H3,(H,18,20)/t12-,13+/m1/s1. The summed E-state index contributed by atoms with van der Waals surface area (Å²) in [5.74, 6) is 1.13. The maximum Gasteiger partial charge on any atom is 0.261 e. The Balaban J connectivity index is 1.78. The summed E-state index contributed by atoms with van der Waals surface area (Å²) in [6.45, 7) is 5.26. The molecule has 5 nitrogen and oxygen atoms in total. The molecule has 1 aliphatic carbocycles. The number of aromatic nitrogens is 1. The van der Waals surface area contributed by atoms with Gasteiger partial charge in [0.2, 0.25) is 0 Å². The van der Waals surface area contributed by atoms with Gasteiger partial charge in [-0.25, -0.2) is 0 Å². The molecule has 2 aliphatic rings. The van der Waals surface area contributed by atoms with Gasteiger partial charge in [0.25, 0.3) is 11.5 Å². The zero-order chi connectivity index (χ0) is 15.1. The van der Waals surface area contributed by atoms with Gasteiger partial charge in [0.15, 0.2) is 0 Å². The Morgan fingerprint density at radius 3 is 2.62 bits per heavy atom. The average Bonchev–Trinajstić information content (AvgIpc) is 3.20. The number of hydrogen-bond acceptors (Lipinski definition) is 3. The van der Waals surface area contributed by atoms with Crippen LogP contribution in [0, 0.1) is 11.8 Å². The summed E-state index contributed by atoms with van der Waals surface area (Å²) in [5, 5.41) is 0. The highest BCUT2D eigenvalue weighted by atomic mass is 16.2. The van der Waals surface area contributed by atoms with Crippen LogP contribution < -0.4 is 11.3 Å². The number of H-pyrrole nitrogens is 1. The van der Waals surface area contributed by atoms with Gasteiger partial charge in [0.1, 0.15) is 5.56 Å². The maximum absolute atomic E-state index is 12.5. The van der Waals surface area contributed by atoms with Crippen LogP contribution in [0.5, 0.6) is 0 Å². The molecule has 1 amide bonds. The van der Waals surface area contributed by atoms with Gasteiger partial charge in [0, 0.05) is 24.8 Å². The van der Waals surface area contributed by atoms with Crippen LogP contribution in [0.3, 0.4) is 0 Å². The number of nitrogens with zero attached hydrogens (tertiary/aromatic N) is 1. The Kier molecular flexibility index (Phi) is 3.61. The van der Waals surface area contributed by atoms with Gasteiger partial charge in [-0.3, -0.25) is 9.59 Å². The van der Waals surface area contributed by atoms with E-state index in [1.165, 1.54) is 12.8 Å². The van der Waals surface area contributed by atoms with Crippen LogP contribution in [0.2, 0.25) is 0 Å². The molecule has 2 atom stereocenters. The van der Waals surface area contributed by atoms with Crippen LogP contribution in [0.4, 0.5) is 0 Å². The molecule has 2 fully saturated rings. The van der Waals surface area contributed by atoms with Gasteiger partial charge in [0.05, 0.1) is 0 Å². The van der Waals surface area contributed by atoms with E-state index in [9.17, 15) is 9.59 Å². The van der Waals surface area contributed by atoms with Crippen molar-refractivity contribution in [2.75, 3.05) is 13.1 Å². The third-order valence-corrected chi connectivity index (χ3v) is 4.71. The number of carbonyl (C=O) groups is 1. The first-order valence-electron chi connectivity index (χ1n) is 7.75. The summed E-state index contributed by atoms with van der Waals surface area (Å²) in [6, 6.07) is 3.52. The van der Waals surface area contributed by atoms with Crippen LogP contribution in [0.1, 0.15) is 48.7 Å². The second kappa shape index (κ2) is 5.30. The molecule has 5 heteroatoms. The van der Waals surface area contributed by atoms with E-state index in [2.05, 4.69) is 4.98 Å². The van der Waals surface area contributed by atoms with Crippen molar-refractivity contribution in [1.82, 2.24) is 9.88 Å². The molecule has 21 heavy (non-hydrogen) atoms. The number of rotatable bonds is 3. The first kappa shape index (κ1) is 14.3. The Labute approximate surface area is 124 Å². The topological polar surface area (TPSA) is 79.2 Å². The van der Waals surface area contributed by atoms with Gasteiger partial charge in [-0.15, -0.1) is 0 Å². The number of nitrogens with one attached hydrogen (secondary N) is 1. The number of aromatic amines is 1. The largest absolute Gasteiger partial charge is 0.337 e. The van der Waals surface area contributed by atoms with E-state index in [1.807, 2.05) is 19.9 Å².